The molecule has 6 nitrogen and oxygen atoms in total. The highest BCUT2D eigenvalue weighted by atomic mass is 19.4. The molecule has 1 saturated carbocycles. The van der Waals surface area contributed by atoms with Crippen molar-refractivity contribution < 1.29 is 22.0 Å². The molecule has 1 aliphatic carbocycles. The van der Waals surface area contributed by atoms with Gasteiger partial charge in [0.25, 0.3) is 0 Å². The lowest BCUT2D eigenvalue weighted by molar-refractivity contribution is -0.137. The minimum atomic E-state index is -4.41. The smallest absolute Gasteiger partial charge is 0.368 e. The molecule has 1 aromatic carbocycles. The number of hydrogen-bond acceptors (Lipinski definition) is 5. The third-order valence-electron chi connectivity index (χ3n) is 5.23. The molecular formula is C20H17F5N6. The summed E-state index contributed by atoms with van der Waals surface area (Å²) in [7, 11) is 0. The van der Waals surface area contributed by atoms with Gasteiger partial charge in [0.2, 0.25) is 11.7 Å². The van der Waals surface area contributed by atoms with Gasteiger partial charge in [0, 0.05) is 25.9 Å². The molecule has 31 heavy (non-hydrogen) atoms. The van der Waals surface area contributed by atoms with E-state index in [1.54, 1.807) is 4.57 Å². The maximum absolute atomic E-state index is 13.0. The van der Waals surface area contributed by atoms with Crippen LogP contribution < -0.4 is 5.32 Å². The molecule has 1 fully saturated rings. The Morgan fingerprint density at radius 1 is 1.16 bits per heavy atom. The van der Waals surface area contributed by atoms with Crippen molar-refractivity contribution in [1.29, 1.82) is 5.26 Å². The monoisotopic (exact) mass is 436 g/mol. The molecule has 11 heteroatoms. The molecule has 1 aliphatic rings. The van der Waals surface area contributed by atoms with Gasteiger partial charge in [-0.15, -0.1) is 0 Å². The number of imidazole rings is 1. The number of nitrogens with one attached hydrogen (secondary N) is 1. The second-order valence-corrected chi connectivity index (χ2v) is 7.59. The van der Waals surface area contributed by atoms with Crippen LogP contribution in [0.3, 0.4) is 0 Å². The van der Waals surface area contributed by atoms with Crippen molar-refractivity contribution in [3.63, 3.8) is 0 Å². The molecule has 0 atom stereocenters. The lowest BCUT2D eigenvalue weighted by Gasteiger charge is -2.34. The molecule has 4 rings (SSSR count). The first-order valence-corrected chi connectivity index (χ1v) is 9.55. The number of alkyl halides is 5. The van der Waals surface area contributed by atoms with Crippen LogP contribution in [-0.2, 0) is 12.7 Å². The first-order valence-electron chi connectivity index (χ1n) is 9.55. The molecule has 2 aromatic heterocycles. The van der Waals surface area contributed by atoms with E-state index in [0.29, 0.717) is 29.9 Å². The first kappa shape index (κ1) is 21.0. The molecular weight excluding hydrogens is 419 g/mol. The van der Waals surface area contributed by atoms with E-state index >= 15 is 0 Å². The Morgan fingerprint density at radius 3 is 2.48 bits per heavy atom. The van der Waals surface area contributed by atoms with Crippen LogP contribution in [0.25, 0.3) is 11.2 Å². The van der Waals surface area contributed by atoms with Crippen molar-refractivity contribution >= 4 is 17.0 Å². The van der Waals surface area contributed by atoms with Gasteiger partial charge >= 0.3 is 6.18 Å². The van der Waals surface area contributed by atoms with Crippen LogP contribution in [0.4, 0.5) is 27.8 Å². The third kappa shape index (κ3) is 4.57. The molecule has 0 spiro atoms. The predicted octanol–water partition coefficient (Wildman–Crippen LogP) is 4.61. The Labute approximate surface area is 173 Å². The van der Waals surface area contributed by atoms with Crippen LogP contribution in [0.15, 0.2) is 30.6 Å². The second kappa shape index (κ2) is 7.76. The summed E-state index contributed by atoms with van der Waals surface area (Å²) in [5.41, 5.74) is 0.617. The Hall–Kier alpha value is -3.29. The van der Waals surface area contributed by atoms with E-state index in [-0.39, 0.29) is 36.8 Å². The quantitative estimate of drug-likeness (QED) is 0.571. The van der Waals surface area contributed by atoms with Crippen molar-refractivity contribution in [2.24, 2.45) is 5.92 Å². The molecule has 0 unspecified atom stereocenters. The zero-order chi connectivity index (χ0) is 22.2. The van der Waals surface area contributed by atoms with E-state index in [1.165, 1.54) is 18.5 Å². The average Bonchev–Trinajstić information content (AvgIpc) is 3.09. The Bertz CT molecular complexity index is 1120. The van der Waals surface area contributed by atoms with Crippen LogP contribution in [-0.4, -0.2) is 32.0 Å². The Morgan fingerprint density at radius 2 is 1.87 bits per heavy atom. The number of halogens is 5. The minimum absolute atomic E-state index is 0.0766. The summed E-state index contributed by atoms with van der Waals surface area (Å²) in [6.45, 7) is 0.594. The lowest BCUT2D eigenvalue weighted by atomic mass is 9.79. The zero-order valence-corrected chi connectivity index (χ0v) is 16.1. The van der Waals surface area contributed by atoms with Crippen molar-refractivity contribution in [2.75, 3.05) is 11.9 Å². The molecule has 162 valence electrons. The molecule has 0 radical (unpaired) electrons. The summed E-state index contributed by atoms with van der Waals surface area (Å²) in [5, 5.41) is 12.2. The van der Waals surface area contributed by atoms with Crippen LogP contribution in [0, 0.1) is 17.2 Å². The van der Waals surface area contributed by atoms with E-state index in [0.717, 1.165) is 12.1 Å². The predicted molar refractivity (Wildman–Crippen MR) is 101 cm³/mol. The van der Waals surface area contributed by atoms with Gasteiger partial charge in [0.1, 0.15) is 11.6 Å². The highest BCUT2D eigenvalue weighted by molar-refractivity contribution is 5.83. The molecule has 1 N–H and O–H groups in total. The van der Waals surface area contributed by atoms with Crippen molar-refractivity contribution in [2.45, 2.75) is 37.9 Å². The van der Waals surface area contributed by atoms with E-state index < -0.39 is 17.7 Å². The summed E-state index contributed by atoms with van der Waals surface area (Å²) in [4.78, 5) is 12.4. The van der Waals surface area contributed by atoms with Gasteiger partial charge in [-0.1, -0.05) is 12.1 Å². The second-order valence-electron chi connectivity index (χ2n) is 7.59. The fourth-order valence-electron chi connectivity index (χ4n) is 3.65. The van der Waals surface area contributed by atoms with Crippen LogP contribution in [0.5, 0.6) is 0 Å². The standard InChI is InChI=1S/C20H17F5N6/c21-19(22)7-13(8-19)5-6-27-17-16-18(30-15(9-26)29-17)28-11-31(16)10-12-1-3-14(4-2-12)20(23,24)25/h1-4,11,13H,5-8,10H2,(H,27,29,30). The first-order chi connectivity index (χ1) is 14.6. The van der Waals surface area contributed by atoms with E-state index in [9.17, 15) is 22.0 Å². The Balaban J connectivity index is 1.54. The van der Waals surface area contributed by atoms with Crippen molar-refractivity contribution in [3.8, 4) is 6.07 Å². The topological polar surface area (TPSA) is 79.4 Å². The largest absolute Gasteiger partial charge is 0.416 e. The van der Waals surface area contributed by atoms with E-state index in [1.807, 2.05) is 6.07 Å². The van der Waals surface area contributed by atoms with Gasteiger partial charge in [-0.3, -0.25) is 0 Å². The SMILES string of the molecule is N#Cc1nc(NCCC2CC(F)(F)C2)c2c(ncn2Cc2ccc(C(F)(F)F)cc2)n1. The number of benzene rings is 1. The number of fused-ring (bicyclic) bond motifs is 1. The fourth-order valence-corrected chi connectivity index (χ4v) is 3.65. The third-order valence-corrected chi connectivity index (χ3v) is 5.23. The van der Waals surface area contributed by atoms with Crippen LogP contribution >= 0.6 is 0 Å². The normalized spacial score (nSPS) is 16.1. The maximum Gasteiger partial charge on any atom is 0.416 e. The van der Waals surface area contributed by atoms with Crippen molar-refractivity contribution in [1.82, 2.24) is 19.5 Å². The molecule has 2 heterocycles. The zero-order valence-electron chi connectivity index (χ0n) is 16.1. The highest BCUT2D eigenvalue weighted by Gasteiger charge is 2.44. The summed E-state index contributed by atoms with van der Waals surface area (Å²) in [5.74, 6) is -2.42. The van der Waals surface area contributed by atoms with Gasteiger partial charge in [0.15, 0.2) is 11.5 Å². The molecule has 0 amide bonds. The molecule has 3 aromatic rings. The number of nitriles is 1. The van der Waals surface area contributed by atoms with Gasteiger partial charge in [0.05, 0.1) is 11.9 Å². The summed E-state index contributed by atoms with van der Waals surface area (Å²) in [6.07, 6.45) is -2.69. The number of aromatic nitrogens is 4. The minimum Gasteiger partial charge on any atom is -0.368 e. The van der Waals surface area contributed by atoms with E-state index in [2.05, 4.69) is 20.3 Å². The summed E-state index contributed by atoms with van der Waals surface area (Å²) < 4.78 is 66.0. The molecule has 0 bridgehead atoms. The van der Waals surface area contributed by atoms with Gasteiger partial charge in [-0.05, 0) is 30.0 Å². The summed E-state index contributed by atoms with van der Waals surface area (Å²) >= 11 is 0. The molecule has 0 saturated heterocycles. The average molecular weight is 436 g/mol. The van der Waals surface area contributed by atoms with Crippen LogP contribution in [0.1, 0.15) is 36.2 Å². The van der Waals surface area contributed by atoms with Gasteiger partial charge in [-0.2, -0.15) is 28.4 Å². The molecule has 0 aliphatic heterocycles. The van der Waals surface area contributed by atoms with Gasteiger partial charge in [-0.25, -0.2) is 13.8 Å². The number of anilines is 1. The van der Waals surface area contributed by atoms with E-state index in [4.69, 9.17) is 5.26 Å². The number of hydrogen-bond donors (Lipinski definition) is 1. The summed E-state index contributed by atoms with van der Waals surface area (Å²) in [6, 6.07) is 6.62. The van der Waals surface area contributed by atoms with Crippen LogP contribution in [0.2, 0.25) is 0 Å². The van der Waals surface area contributed by atoms with Gasteiger partial charge < -0.3 is 9.88 Å². The highest BCUT2D eigenvalue weighted by Crippen LogP contribution is 2.43. The fraction of sp³-hybridized carbons (Fsp3) is 0.400. The maximum atomic E-state index is 13.0. The Kier molecular flexibility index (Phi) is 5.24. The number of nitrogens with zero attached hydrogens (tertiary/aromatic N) is 5. The number of rotatable bonds is 6. The lowest BCUT2D eigenvalue weighted by Crippen LogP contribution is -2.36. The van der Waals surface area contributed by atoms with Crippen molar-refractivity contribution in [3.05, 3.63) is 47.5 Å².